The molecule has 1 saturated heterocycles. The third-order valence-corrected chi connectivity index (χ3v) is 4.58. The molecule has 0 bridgehead atoms. The van der Waals surface area contributed by atoms with Crippen molar-refractivity contribution in [2.24, 2.45) is 0 Å². The third kappa shape index (κ3) is 4.13. The average molecular weight is 330 g/mol. The fourth-order valence-electron chi connectivity index (χ4n) is 3.29. The Bertz CT molecular complexity index is 643. The van der Waals surface area contributed by atoms with Crippen LogP contribution in [0.4, 0.5) is 0 Å². The molecule has 0 unspecified atom stereocenters. The zero-order valence-electron chi connectivity index (χ0n) is 14.5. The van der Waals surface area contributed by atoms with E-state index in [1.807, 2.05) is 18.2 Å². The van der Waals surface area contributed by atoms with Crippen LogP contribution in [0.15, 0.2) is 24.3 Å². The Morgan fingerprint density at radius 1 is 1.29 bits per heavy atom. The summed E-state index contributed by atoms with van der Waals surface area (Å²) in [6, 6.07) is 8.03. The smallest absolute Gasteiger partial charge is 0.155 e. The van der Waals surface area contributed by atoms with Gasteiger partial charge in [-0.05, 0) is 25.5 Å². The SMILES string of the molecule is COCCN1CCC[C@H](c2n[nH]c(Cc3ccccc3OC)n2)C1. The maximum atomic E-state index is 5.41. The molecular formula is C18H26N4O2. The van der Waals surface area contributed by atoms with Crippen LogP contribution in [0.25, 0.3) is 0 Å². The highest BCUT2D eigenvalue weighted by Crippen LogP contribution is 2.25. The van der Waals surface area contributed by atoms with Crippen LogP contribution in [0.1, 0.15) is 36.0 Å². The number of H-pyrrole nitrogens is 1. The normalized spacial score (nSPS) is 18.7. The number of benzene rings is 1. The minimum atomic E-state index is 0.401. The fraction of sp³-hybridized carbons (Fsp3) is 0.556. The van der Waals surface area contributed by atoms with Crippen LogP contribution < -0.4 is 4.74 Å². The van der Waals surface area contributed by atoms with Gasteiger partial charge in [0, 0.05) is 38.1 Å². The molecule has 1 aromatic carbocycles. The molecule has 1 aliphatic rings. The van der Waals surface area contributed by atoms with Gasteiger partial charge in [-0.25, -0.2) is 4.98 Å². The van der Waals surface area contributed by atoms with Crippen LogP contribution in [0.3, 0.4) is 0 Å². The first-order valence-corrected chi connectivity index (χ1v) is 8.54. The lowest BCUT2D eigenvalue weighted by atomic mass is 9.97. The second-order valence-electron chi connectivity index (χ2n) is 6.26. The van der Waals surface area contributed by atoms with Crippen LogP contribution in [-0.4, -0.2) is 60.5 Å². The number of nitrogens with zero attached hydrogens (tertiary/aromatic N) is 3. The fourth-order valence-corrected chi connectivity index (χ4v) is 3.29. The summed E-state index contributed by atoms with van der Waals surface area (Å²) in [5, 5.41) is 7.57. The number of nitrogens with one attached hydrogen (secondary N) is 1. The summed E-state index contributed by atoms with van der Waals surface area (Å²) < 4.78 is 10.6. The largest absolute Gasteiger partial charge is 0.496 e. The van der Waals surface area contributed by atoms with Crippen molar-refractivity contribution in [2.45, 2.75) is 25.2 Å². The van der Waals surface area contributed by atoms with E-state index in [4.69, 9.17) is 14.5 Å². The van der Waals surface area contributed by atoms with Gasteiger partial charge < -0.3 is 14.4 Å². The van der Waals surface area contributed by atoms with Crippen molar-refractivity contribution in [3.8, 4) is 5.75 Å². The molecule has 3 rings (SSSR count). The molecule has 2 aromatic rings. The maximum absolute atomic E-state index is 5.41. The van der Waals surface area contributed by atoms with Gasteiger partial charge in [0.15, 0.2) is 5.82 Å². The van der Waals surface area contributed by atoms with Gasteiger partial charge in [-0.15, -0.1) is 0 Å². The van der Waals surface area contributed by atoms with Crippen molar-refractivity contribution in [2.75, 3.05) is 40.5 Å². The molecule has 130 valence electrons. The number of likely N-dealkylation sites (tertiary alicyclic amines) is 1. The zero-order chi connectivity index (χ0) is 16.8. The molecule has 0 saturated carbocycles. The minimum absolute atomic E-state index is 0.401. The number of ether oxygens (including phenoxy) is 2. The van der Waals surface area contributed by atoms with Crippen molar-refractivity contribution < 1.29 is 9.47 Å². The number of methoxy groups -OCH3 is 2. The molecule has 1 aromatic heterocycles. The van der Waals surface area contributed by atoms with Gasteiger partial charge >= 0.3 is 0 Å². The first-order valence-electron chi connectivity index (χ1n) is 8.54. The number of aromatic nitrogens is 3. The average Bonchev–Trinajstić information content (AvgIpc) is 3.09. The van der Waals surface area contributed by atoms with Crippen molar-refractivity contribution in [1.82, 2.24) is 20.1 Å². The van der Waals surface area contributed by atoms with E-state index in [9.17, 15) is 0 Å². The van der Waals surface area contributed by atoms with Crippen LogP contribution in [0, 0.1) is 0 Å². The van der Waals surface area contributed by atoms with Gasteiger partial charge in [-0.1, -0.05) is 18.2 Å². The van der Waals surface area contributed by atoms with E-state index < -0.39 is 0 Å². The van der Waals surface area contributed by atoms with Gasteiger partial charge in [0.05, 0.1) is 13.7 Å². The summed E-state index contributed by atoms with van der Waals surface area (Å²) in [5.74, 6) is 3.11. The zero-order valence-corrected chi connectivity index (χ0v) is 14.5. The molecule has 0 amide bonds. The summed E-state index contributed by atoms with van der Waals surface area (Å²) in [5.41, 5.74) is 1.12. The lowest BCUT2D eigenvalue weighted by Gasteiger charge is -2.31. The predicted molar refractivity (Wildman–Crippen MR) is 92.5 cm³/mol. The highest BCUT2D eigenvalue weighted by atomic mass is 16.5. The molecule has 0 radical (unpaired) electrons. The maximum Gasteiger partial charge on any atom is 0.155 e. The second kappa shape index (κ2) is 8.26. The standard InChI is InChI=1S/C18H26N4O2/c1-23-11-10-22-9-5-7-15(13-22)18-19-17(20-21-18)12-14-6-3-4-8-16(14)24-2/h3-4,6,8,15H,5,7,9-13H2,1-2H3,(H,19,20,21)/t15-/m0/s1. The van der Waals surface area contributed by atoms with Gasteiger partial charge in [0.25, 0.3) is 0 Å². The van der Waals surface area contributed by atoms with E-state index in [1.54, 1.807) is 14.2 Å². The van der Waals surface area contributed by atoms with Gasteiger partial charge in [-0.2, -0.15) is 5.10 Å². The first-order chi connectivity index (χ1) is 11.8. The number of aromatic amines is 1. The van der Waals surface area contributed by atoms with Gasteiger partial charge in [0.1, 0.15) is 11.6 Å². The van der Waals surface area contributed by atoms with E-state index in [2.05, 4.69) is 21.2 Å². The number of rotatable bonds is 7. The molecule has 1 N–H and O–H groups in total. The Morgan fingerprint density at radius 3 is 3.00 bits per heavy atom. The third-order valence-electron chi connectivity index (χ3n) is 4.58. The molecule has 6 nitrogen and oxygen atoms in total. The monoisotopic (exact) mass is 330 g/mol. The number of para-hydroxylation sites is 1. The van der Waals surface area contributed by atoms with E-state index in [0.29, 0.717) is 12.3 Å². The van der Waals surface area contributed by atoms with E-state index in [-0.39, 0.29) is 0 Å². The lowest BCUT2D eigenvalue weighted by molar-refractivity contribution is 0.127. The summed E-state index contributed by atoms with van der Waals surface area (Å²) in [6.45, 7) is 3.90. The van der Waals surface area contributed by atoms with E-state index in [1.165, 1.54) is 6.42 Å². The molecule has 0 aliphatic carbocycles. The summed E-state index contributed by atoms with van der Waals surface area (Å²) in [7, 11) is 3.45. The van der Waals surface area contributed by atoms with Crippen molar-refractivity contribution in [3.63, 3.8) is 0 Å². The number of hydrogen-bond donors (Lipinski definition) is 1. The molecule has 1 aliphatic heterocycles. The molecule has 2 heterocycles. The molecule has 24 heavy (non-hydrogen) atoms. The highest BCUT2D eigenvalue weighted by molar-refractivity contribution is 5.35. The van der Waals surface area contributed by atoms with Crippen LogP contribution in [0.5, 0.6) is 5.75 Å². The molecule has 1 fully saturated rings. The van der Waals surface area contributed by atoms with E-state index in [0.717, 1.165) is 55.6 Å². The summed E-state index contributed by atoms with van der Waals surface area (Å²) in [6.07, 6.45) is 3.04. The van der Waals surface area contributed by atoms with Crippen molar-refractivity contribution in [1.29, 1.82) is 0 Å². The second-order valence-corrected chi connectivity index (χ2v) is 6.26. The summed E-state index contributed by atoms with van der Waals surface area (Å²) in [4.78, 5) is 7.18. The Kier molecular flexibility index (Phi) is 5.82. The van der Waals surface area contributed by atoms with Gasteiger partial charge in [0.2, 0.25) is 0 Å². The number of hydrogen-bond acceptors (Lipinski definition) is 5. The predicted octanol–water partition coefficient (Wildman–Crippen LogP) is 2.23. The van der Waals surface area contributed by atoms with Crippen molar-refractivity contribution >= 4 is 0 Å². The topological polar surface area (TPSA) is 63.3 Å². The Hall–Kier alpha value is -1.92. The first kappa shape index (κ1) is 16.9. The summed E-state index contributed by atoms with van der Waals surface area (Å²) >= 11 is 0. The molecule has 1 atom stereocenters. The van der Waals surface area contributed by atoms with Crippen LogP contribution >= 0.6 is 0 Å². The van der Waals surface area contributed by atoms with Crippen molar-refractivity contribution in [3.05, 3.63) is 41.5 Å². The van der Waals surface area contributed by atoms with Gasteiger partial charge in [-0.3, -0.25) is 5.10 Å². The Labute approximate surface area is 143 Å². The molecule has 0 spiro atoms. The van der Waals surface area contributed by atoms with E-state index >= 15 is 0 Å². The van der Waals surface area contributed by atoms with Crippen LogP contribution in [0.2, 0.25) is 0 Å². The molecule has 6 heteroatoms. The molecular weight excluding hydrogens is 304 g/mol. The Balaban J connectivity index is 1.64. The quantitative estimate of drug-likeness (QED) is 0.843. The lowest BCUT2D eigenvalue weighted by Crippen LogP contribution is -2.36. The van der Waals surface area contributed by atoms with Crippen LogP contribution in [-0.2, 0) is 11.2 Å². The minimum Gasteiger partial charge on any atom is -0.496 e. The highest BCUT2D eigenvalue weighted by Gasteiger charge is 2.24. The number of piperidine rings is 1. The Morgan fingerprint density at radius 2 is 2.17 bits per heavy atom.